The topological polar surface area (TPSA) is 20.3 Å². The largest absolute Gasteiger partial charge is 0.342 e. The molecule has 0 spiro atoms. The van der Waals surface area contributed by atoms with Gasteiger partial charge in [0.15, 0.2) is 0 Å². The molecule has 0 N–H and O–H groups in total. The molecule has 0 heterocycles. The number of carbonyl (C=O) groups excluding carboxylic acids is 1. The van der Waals surface area contributed by atoms with Crippen LogP contribution in [0.3, 0.4) is 0 Å². The second-order valence-corrected chi connectivity index (χ2v) is 18.1. The lowest BCUT2D eigenvalue weighted by Gasteiger charge is -2.44. The van der Waals surface area contributed by atoms with Crippen LogP contribution >= 0.6 is 12.6 Å². The van der Waals surface area contributed by atoms with Gasteiger partial charge in [0.1, 0.15) is 16.5 Å². The number of aryl methyl sites for hydroxylation is 1. The Kier molecular flexibility index (Phi) is 6.06. The van der Waals surface area contributed by atoms with E-state index in [1.54, 1.807) is 0 Å². The highest BCUT2D eigenvalue weighted by Gasteiger charge is 2.35. The zero-order chi connectivity index (χ0) is 16.4. The minimum absolute atomic E-state index is 0.119. The van der Waals surface area contributed by atoms with E-state index < -0.39 is 16.5 Å². The number of nitrogens with zero attached hydrogens (tertiary/aromatic N) is 1. The minimum atomic E-state index is -1.44. The van der Waals surface area contributed by atoms with Gasteiger partial charge >= 0.3 is 0 Å². The first-order chi connectivity index (χ1) is 9.48. The first kappa shape index (κ1) is 18.7. The van der Waals surface area contributed by atoms with Crippen LogP contribution in [0.2, 0.25) is 39.3 Å². The highest BCUT2D eigenvalue weighted by atomic mass is 32.1. The Morgan fingerprint density at radius 1 is 1.10 bits per heavy atom. The maximum absolute atomic E-state index is 11.9. The molecule has 0 bridgehead atoms. The number of benzene rings is 1. The van der Waals surface area contributed by atoms with Gasteiger partial charge in [-0.15, -0.1) is 12.6 Å². The van der Waals surface area contributed by atoms with Gasteiger partial charge in [-0.1, -0.05) is 64.4 Å². The second-order valence-electron chi connectivity index (χ2n) is 7.53. The van der Waals surface area contributed by atoms with E-state index in [-0.39, 0.29) is 5.12 Å². The van der Waals surface area contributed by atoms with Gasteiger partial charge in [-0.05, 0) is 17.5 Å². The van der Waals surface area contributed by atoms with Crippen molar-refractivity contribution in [3.05, 3.63) is 34.9 Å². The van der Waals surface area contributed by atoms with Crippen LogP contribution in [0.1, 0.15) is 28.4 Å². The van der Waals surface area contributed by atoms with Crippen LogP contribution in [0.5, 0.6) is 0 Å². The standard InChI is InChI=1S/C16H29NOSSi2/c1-8-13-10-9-11-14(16(18)19)15(13)12-17(20(2,3)4)21(5,6)7/h9-11H,8,12H2,1-7H3,(H,18,19). The fourth-order valence-corrected chi connectivity index (χ4v) is 12.5. The van der Waals surface area contributed by atoms with Gasteiger partial charge in [-0.2, -0.15) is 0 Å². The summed E-state index contributed by atoms with van der Waals surface area (Å²) in [7, 11) is -2.88. The molecule has 118 valence electrons. The summed E-state index contributed by atoms with van der Waals surface area (Å²) in [6, 6.07) is 6.03. The third-order valence-electron chi connectivity index (χ3n) is 3.82. The predicted molar refractivity (Wildman–Crippen MR) is 101 cm³/mol. The summed E-state index contributed by atoms with van der Waals surface area (Å²) in [5, 5.41) is -0.119. The van der Waals surface area contributed by atoms with Gasteiger partial charge in [-0.25, -0.2) is 0 Å². The van der Waals surface area contributed by atoms with E-state index >= 15 is 0 Å². The van der Waals surface area contributed by atoms with Crippen molar-refractivity contribution in [2.45, 2.75) is 59.2 Å². The Bertz CT molecular complexity index is 504. The Morgan fingerprint density at radius 3 is 2.00 bits per heavy atom. The third-order valence-corrected chi connectivity index (χ3v) is 11.6. The normalized spacial score (nSPS) is 12.8. The van der Waals surface area contributed by atoms with Crippen LogP contribution in [-0.4, -0.2) is 25.8 Å². The van der Waals surface area contributed by atoms with Gasteiger partial charge in [0.05, 0.1) is 0 Å². The average molecular weight is 340 g/mol. The highest BCUT2D eigenvalue weighted by Crippen LogP contribution is 2.27. The first-order valence-corrected chi connectivity index (χ1v) is 14.9. The molecule has 5 heteroatoms. The number of thiol groups is 1. The van der Waals surface area contributed by atoms with Crippen molar-refractivity contribution in [1.29, 1.82) is 0 Å². The number of hydrogen-bond donors (Lipinski definition) is 1. The van der Waals surface area contributed by atoms with Crippen molar-refractivity contribution in [1.82, 2.24) is 4.23 Å². The lowest BCUT2D eigenvalue weighted by molar-refractivity contribution is 0.109. The molecular weight excluding hydrogens is 310 g/mol. The Balaban J connectivity index is 3.36. The fraction of sp³-hybridized carbons (Fsp3) is 0.562. The van der Waals surface area contributed by atoms with Crippen LogP contribution in [0.25, 0.3) is 0 Å². The van der Waals surface area contributed by atoms with Crippen LogP contribution in [0, 0.1) is 0 Å². The van der Waals surface area contributed by atoms with Crippen LogP contribution in [0.4, 0.5) is 0 Å². The molecule has 0 radical (unpaired) electrons. The summed E-state index contributed by atoms with van der Waals surface area (Å²) in [6.45, 7) is 17.4. The van der Waals surface area contributed by atoms with Crippen LogP contribution in [-0.2, 0) is 13.0 Å². The molecular formula is C16H29NOSSi2. The van der Waals surface area contributed by atoms with Crippen molar-refractivity contribution in [3.8, 4) is 0 Å². The molecule has 0 amide bonds. The smallest absolute Gasteiger partial charge is 0.216 e. The monoisotopic (exact) mass is 339 g/mol. The zero-order valence-corrected chi connectivity index (χ0v) is 17.3. The zero-order valence-electron chi connectivity index (χ0n) is 14.4. The maximum Gasteiger partial charge on any atom is 0.216 e. The highest BCUT2D eigenvalue weighted by molar-refractivity contribution is 7.97. The van der Waals surface area contributed by atoms with Gasteiger partial charge < -0.3 is 4.23 Å². The molecule has 2 nitrogen and oxygen atoms in total. The van der Waals surface area contributed by atoms with Gasteiger partial charge in [0.2, 0.25) is 5.12 Å². The minimum Gasteiger partial charge on any atom is -0.342 e. The lowest BCUT2D eigenvalue weighted by Crippen LogP contribution is -2.58. The molecule has 0 aliphatic carbocycles. The van der Waals surface area contributed by atoms with Crippen molar-refractivity contribution in [3.63, 3.8) is 0 Å². The molecule has 0 unspecified atom stereocenters. The van der Waals surface area contributed by atoms with Crippen molar-refractivity contribution < 1.29 is 4.79 Å². The van der Waals surface area contributed by atoms with Crippen molar-refractivity contribution in [2.75, 3.05) is 0 Å². The van der Waals surface area contributed by atoms with E-state index in [1.807, 2.05) is 12.1 Å². The predicted octanol–water partition coefficient (Wildman–Crippen LogP) is 4.79. The number of hydrogen-bond acceptors (Lipinski definition) is 2. The summed E-state index contributed by atoms with van der Waals surface area (Å²) < 4.78 is 2.72. The summed E-state index contributed by atoms with van der Waals surface area (Å²) in [6.07, 6.45) is 0.954. The average Bonchev–Trinajstić information content (AvgIpc) is 2.32. The Labute approximate surface area is 137 Å². The van der Waals surface area contributed by atoms with Gasteiger partial charge in [0, 0.05) is 12.1 Å². The molecule has 1 aromatic carbocycles. The van der Waals surface area contributed by atoms with E-state index in [1.165, 1.54) is 11.1 Å². The summed E-state index contributed by atoms with van der Waals surface area (Å²) in [4.78, 5) is 11.9. The van der Waals surface area contributed by atoms with E-state index in [0.29, 0.717) is 0 Å². The number of rotatable bonds is 6. The summed E-state index contributed by atoms with van der Waals surface area (Å²) in [5.74, 6) is 0. The molecule has 0 fully saturated rings. The van der Waals surface area contributed by atoms with Crippen LogP contribution in [0.15, 0.2) is 18.2 Å². The quantitative estimate of drug-likeness (QED) is 0.594. The van der Waals surface area contributed by atoms with Crippen molar-refractivity contribution >= 4 is 34.2 Å². The summed E-state index contributed by atoms with van der Waals surface area (Å²) >= 11 is 4.08. The van der Waals surface area contributed by atoms with E-state index in [4.69, 9.17) is 0 Å². The maximum atomic E-state index is 11.9. The van der Waals surface area contributed by atoms with Gasteiger partial charge in [-0.3, -0.25) is 4.79 Å². The SMILES string of the molecule is CCc1cccc(C(=O)S)c1CN([Si](C)(C)C)[Si](C)(C)C. The molecule has 0 saturated carbocycles. The Morgan fingerprint density at radius 2 is 1.62 bits per heavy atom. The molecule has 0 aliphatic heterocycles. The fourth-order valence-electron chi connectivity index (χ4n) is 2.99. The van der Waals surface area contributed by atoms with E-state index in [9.17, 15) is 4.79 Å². The number of carbonyl (C=O) groups is 1. The molecule has 0 aromatic heterocycles. The molecule has 1 rings (SSSR count). The molecule has 21 heavy (non-hydrogen) atoms. The molecule has 0 atom stereocenters. The second kappa shape index (κ2) is 6.81. The van der Waals surface area contributed by atoms with Crippen LogP contribution < -0.4 is 0 Å². The molecule has 0 saturated heterocycles. The van der Waals surface area contributed by atoms with E-state index in [2.05, 4.69) is 69.1 Å². The first-order valence-electron chi connectivity index (χ1n) is 7.60. The molecule has 0 aliphatic rings. The summed E-state index contributed by atoms with van der Waals surface area (Å²) in [5.41, 5.74) is 3.24. The molecule has 1 aromatic rings. The third kappa shape index (κ3) is 4.81. The Hall–Kier alpha value is -0.366. The van der Waals surface area contributed by atoms with Crippen molar-refractivity contribution in [2.24, 2.45) is 0 Å². The van der Waals surface area contributed by atoms with E-state index in [0.717, 1.165) is 18.5 Å². The lowest BCUT2D eigenvalue weighted by atomic mass is 10.00. The van der Waals surface area contributed by atoms with Gasteiger partial charge in [0.25, 0.3) is 0 Å².